The molecule has 0 aromatic heterocycles. The van der Waals surface area contributed by atoms with Gasteiger partial charge in [0, 0.05) is 0 Å². The van der Waals surface area contributed by atoms with Gasteiger partial charge in [-0.2, -0.15) is 0 Å². The molecule has 2 heteroatoms. The summed E-state index contributed by atoms with van der Waals surface area (Å²) in [6.07, 6.45) is 9.63. The first-order valence-electron chi connectivity index (χ1n) is 5.91. The van der Waals surface area contributed by atoms with E-state index in [1.165, 1.54) is 71.1 Å². The third-order valence-corrected chi connectivity index (χ3v) is 2.66. The first-order valence-corrected chi connectivity index (χ1v) is 5.91. The maximum absolute atomic E-state index is 3.50. The van der Waals surface area contributed by atoms with Gasteiger partial charge >= 0.3 is 0 Å². The van der Waals surface area contributed by atoms with E-state index in [2.05, 4.69) is 10.6 Å². The van der Waals surface area contributed by atoms with E-state index >= 15 is 0 Å². The summed E-state index contributed by atoms with van der Waals surface area (Å²) >= 11 is 0. The van der Waals surface area contributed by atoms with Crippen LogP contribution in [0.15, 0.2) is 0 Å². The van der Waals surface area contributed by atoms with Crippen molar-refractivity contribution in [2.45, 2.75) is 44.9 Å². The molecule has 2 N–H and O–H groups in total. The molecule has 0 aromatic carbocycles. The van der Waals surface area contributed by atoms with E-state index in [4.69, 9.17) is 0 Å². The SMILES string of the molecule is C1CCCNCCCCNCCC1. The van der Waals surface area contributed by atoms with Gasteiger partial charge in [-0.25, -0.2) is 0 Å². The summed E-state index contributed by atoms with van der Waals surface area (Å²) in [5.41, 5.74) is 0. The van der Waals surface area contributed by atoms with E-state index in [0.717, 1.165) is 0 Å². The molecule has 1 aliphatic rings. The Labute approximate surface area is 82.5 Å². The van der Waals surface area contributed by atoms with Crippen LogP contribution in [0.5, 0.6) is 0 Å². The van der Waals surface area contributed by atoms with Gasteiger partial charge in [0.25, 0.3) is 0 Å². The summed E-state index contributed by atoms with van der Waals surface area (Å²) in [6.45, 7) is 4.88. The second kappa shape index (κ2) is 8.52. The van der Waals surface area contributed by atoms with E-state index in [0.29, 0.717) is 0 Å². The lowest BCUT2D eigenvalue weighted by Crippen LogP contribution is -2.19. The third-order valence-electron chi connectivity index (χ3n) is 2.66. The van der Waals surface area contributed by atoms with Crippen LogP contribution < -0.4 is 10.6 Å². The summed E-state index contributed by atoms with van der Waals surface area (Å²) in [7, 11) is 0. The lowest BCUT2D eigenvalue weighted by molar-refractivity contribution is 0.574. The Morgan fingerprint density at radius 2 is 0.692 bits per heavy atom. The molecular formula is C11H24N2. The normalized spacial score (nSPS) is 24.0. The second-order valence-electron chi connectivity index (χ2n) is 3.97. The minimum absolute atomic E-state index is 1.21. The highest BCUT2D eigenvalue weighted by Gasteiger charge is 1.94. The highest BCUT2D eigenvalue weighted by molar-refractivity contribution is 4.55. The quantitative estimate of drug-likeness (QED) is 0.601. The molecule has 1 heterocycles. The van der Waals surface area contributed by atoms with Crippen molar-refractivity contribution in [1.29, 1.82) is 0 Å². The molecule has 0 bridgehead atoms. The Bertz CT molecular complexity index is 56.2. The van der Waals surface area contributed by atoms with Crippen molar-refractivity contribution in [3.8, 4) is 0 Å². The summed E-state index contributed by atoms with van der Waals surface area (Å²) < 4.78 is 0. The molecule has 1 saturated heterocycles. The fourth-order valence-electron chi connectivity index (χ4n) is 1.78. The van der Waals surface area contributed by atoms with Crippen LogP contribution in [-0.2, 0) is 0 Å². The van der Waals surface area contributed by atoms with Gasteiger partial charge in [0.15, 0.2) is 0 Å². The van der Waals surface area contributed by atoms with Crippen LogP contribution in [0, 0.1) is 0 Å². The zero-order chi connectivity index (χ0) is 9.19. The van der Waals surface area contributed by atoms with Crippen LogP contribution in [0.4, 0.5) is 0 Å². The lowest BCUT2D eigenvalue weighted by atomic mass is 10.1. The second-order valence-corrected chi connectivity index (χ2v) is 3.97. The van der Waals surface area contributed by atoms with Crippen molar-refractivity contribution in [2.75, 3.05) is 26.2 Å². The van der Waals surface area contributed by atoms with Crippen molar-refractivity contribution >= 4 is 0 Å². The highest BCUT2D eigenvalue weighted by atomic mass is 14.9. The van der Waals surface area contributed by atoms with E-state index < -0.39 is 0 Å². The van der Waals surface area contributed by atoms with Crippen LogP contribution in [0.3, 0.4) is 0 Å². The molecule has 2 nitrogen and oxygen atoms in total. The maximum Gasteiger partial charge on any atom is -0.00484 e. The Balaban J connectivity index is 2.01. The van der Waals surface area contributed by atoms with Gasteiger partial charge in [0.2, 0.25) is 0 Å². The first-order chi connectivity index (χ1) is 6.50. The molecule has 1 fully saturated rings. The molecule has 0 atom stereocenters. The fraction of sp³-hybridized carbons (Fsp3) is 1.00. The zero-order valence-corrected chi connectivity index (χ0v) is 8.78. The van der Waals surface area contributed by atoms with Crippen molar-refractivity contribution < 1.29 is 0 Å². The van der Waals surface area contributed by atoms with Crippen LogP contribution in [0.25, 0.3) is 0 Å². The minimum atomic E-state index is 1.21. The first kappa shape index (κ1) is 11.0. The fourth-order valence-corrected chi connectivity index (χ4v) is 1.78. The average Bonchev–Trinajstić information content (AvgIpc) is 2.18. The molecule has 0 amide bonds. The zero-order valence-electron chi connectivity index (χ0n) is 8.78. The van der Waals surface area contributed by atoms with Gasteiger partial charge in [-0.3, -0.25) is 0 Å². The van der Waals surface area contributed by atoms with Crippen molar-refractivity contribution in [3.05, 3.63) is 0 Å². The molecule has 13 heavy (non-hydrogen) atoms. The van der Waals surface area contributed by atoms with E-state index in [9.17, 15) is 0 Å². The molecular weight excluding hydrogens is 160 g/mol. The van der Waals surface area contributed by atoms with Crippen molar-refractivity contribution in [2.24, 2.45) is 0 Å². The molecule has 1 aliphatic heterocycles. The predicted octanol–water partition coefficient (Wildman–Crippen LogP) is 1.91. The Morgan fingerprint density at radius 1 is 0.385 bits per heavy atom. The Kier molecular flexibility index (Phi) is 7.20. The van der Waals surface area contributed by atoms with Crippen molar-refractivity contribution in [1.82, 2.24) is 10.6 Å². The third kappa shape index (κ3) is 7.03. The summed E-state index contributed by atoms with van der Waals surface area (Å²) in [6, 6.07) is 0. The number of nitrogens with one attached hydrogen (secondary N) is 2. The molecule has 0 unspecified atom stereocenters. The van der Waals surface area contributed by atoms with Gasteiger partial charge in [-0.1, -0.05) is 19.3 Å². The molecule has 0 radical (unpaired) electrons. The van der Waals surface area contributed by atoms with Gasteiger partial charge in [-0.05, 0) is 51.9 Å². The molecule has 0 saturated carbocycles. The largest absolute Gasteiger partial charge is 0.317 e. The lowest BCUT2D eigenvalue weighted by Gasteiger charge is -2.03. The summed E-state index contributed by atoms with van der Waals surface area (Å²) in [4.78, 5) is 0. The Morgan fingerprint density at radius 3 is 1.15 bits per heavy atom. The van der Waals surface area contributed by atoms with Gasteiger partial charge in [-0.15, -0.1) is 0 Å². The highest BCUT2D eigenvalue weighted by Crippen LogP contribution is 2.02. The minimum Gasteiger partial charge on any atom is -0.317 e. The maximum atomic E-state index is 3.50. The van der Waals surface area contributed by atoms with Gasteiger partial charge < -0.3 is 10.6 Å². The molecule has 0 aliphatic carbocycles. The molecule has 78 valence electrons. The summed E-state index contributed by atoms with van der Waals surface area (Å²) in [5, 5.41) is 6.99. The Hall–Kier alpha value is -0.0800. The van der Waals surface area contributed by atoms with Gasteiger partial charge in [0.05, 0.1) is 0 Å². The standard InChI is InChI=1S/C11H24N2/c1-2-4-8-12-10-6-7-11-13-9-5-3-1/h12-13H,1-11H2. The molecule has 0 spiro atoms. The van der Waals surface area contributed by atoms with E-state index in [-0.39, 0.29) is 0 Å². The average molecular weight is 184 g/mol. The van der Waals surface area contributed by atoms with Crippen LogP contribution in [0.1, 0.15) is 44.9 Å². The van der Waals surface area contributed by atoms with Crippen LogP contribution in [-0.4, -0.2) is 26.2 Å². The monoisotopic (exact) mass is 184 g/mol. The molecule has 0 aromatic rings. The van der Waals surface area contributed by atoms with E-state index in [1.807, 2.05) is 0 Å². The number of hydrogen-bond donors (Lipinski definition) is 2. The number of rotatable bonds is 0. The van der Waals surface area contributed by atoms with E-state index in [1.54, 1.807) is 0 Å². The van der Waals surface area contributed by atoms with Crippen molar-refractivity contribution in [3.63, 3.8) is 0 Å². The summed E-state index contributed by atoms with van der Waals surface area (Å²) in [5.74, 6) is 0. The van der Waals surface area contributed by atoms with Gasteiger partial charge in [0.1, 0.15) is 0 Å². The van der Waals surface area contributed by atoms with Crippen LogP contribution >= 0.6 is 0 Å². The molecule has 1 rings (SSSR count). The predicted molar refractivity (Wildman–Crippen MR) is 58.1 cm³/mol. The van der Waals surface area contributed by atoms with Crippen LogP contribution in [0.2, 0.25) is 0 Å². The number of hydrogen-bond acceptors (Lipinski definition) is 2. The smallest absolute Gasteiger partial charge is 0.00484 e. The topological polar surface area (TPSA) is 24.1 Å².